The highest BCUT2D eigenvalue weighted by atomic mass is 14.9. The van der Waals surface area contributed by atoms with Crippen LogP contribution in [-0.2, 0) is 6.54 Å². The molecule has 15 heavy (non-hydrogen) atoms. The van der Waals surface area contributed by atoms with Crippen molar-refractivity contribution >= 4 is 0 Å². The van der Waals surface area contributed by atoms with E-state index in [4.69, 9.17) is 0 Å². The third-order valence-corrected chi connectivity index (χ3v) is 3.27. The lowest BCUT2D eigenvalue weighted by molar-refractivity contribution is 0.301. The van der Waals surface area contributed by atoms with Gasteiger partial charge in [0.2, 0.25) is 0 Å². The van der Waals surface area contributed by atoms with Gasteiger partial charge in [0.1, 0.15) is 0 Å². The van der Waals surface area contributed by atoms with E-state index in [0.29, 0.717) is 0 Å². The molecule has 1 nitrogen and oxygen atoms in total. The molecule has 1 aromatic rings. The maximum atomic E-state index is 3.56. The molecule has 1 aliphatic rings. The molecule has 0 atom stereocenters. The Labute approximate surface area is 92.9 Å². The number of nitrogens with one attached hydrogen (secondary N) is 1. The SMILES string of the molecule is Cc1cc(C)cc(CNCC2CCC2)c1. The Morgan fingerprint density at radius 3 is 2.33 bits per heavy atom. The van der Waals surface area contributed by atoms with E-state index in [0.717, 1.165) is 12.5 Å². The molecule has 2 rings (SSSR count). The summed E-state index contributed by atoms with van der Waals surface area (Å²) in [6, 6.07) is 6.79. The van der Waals surface area contributed by atoms with Crippen molar-refractivity contribution in [2.24, 2.45) is 5.92 Å². The summed E-state index contributed by atoms with van der Waals surface area (Å²) in [5, 5.41) is 3.56. The molecule has 1 aliphatic carbocycles. The van der Waals surface area contributed by atoms with Crippen LogP contribution in [0.4, 0.5) is 0 Å². The number of aryl methyl sites for hydroxylation is 2. The zero-order valence-corrected chi connectivity index (χ0v) is 9.84. The van der Waals surface area contributed by atoms with Crippen molar-refractivity contribution in [1.82, 2.24) is 5.32 Å². The Kier molecular flexibility index (Phi) is 3.42. The summed E-state index contributed by atoms with van der Waals surface area (Å²) in [7, 11) is 0. The van der Waals surface area contributed by atoms with Crippen LogP contribution in [0.2, 0.25) is 0 Å². The summed E-state index contributed by atoms with van der Waals surface area (Å²) < 4.78 is 0. The second-order valence-electron chi connectivity index (χ2n) is 4.92. The molecule has 0 bridgehead atoms. The topological polar surface area (TPSA) is 12.0 Å². The van der Waals surface area contributed by atoms with E-state index in [9.17, 15) is 0 Å². The standard InChI is InChI=1S/C14H21N/c1-11-6-12(2)8-14(7-11)10-15-9-13-4-3-5-13/h6-8,13,15H,3-5,9-10H2,1-2H3. The fraction of sp³-hybridized carbons (Fsp3) is 0.571. The molecule has 0 aromatic heterocycles. The Morgan fingerprint density at radius 1 is 1.13 bits per heavy atom. The summed E-state index contributed by atoms with van der Waals surface area (Å²) in [5.41, 5.74) is 4.16. The molecule has 0 spiro atoms. The summed E-state index contributed by atoms with van der Waals surface area (Å²) >= 11 is 0. The molecule has 0 saturated heterocycles. The van der Waals surface area contributed by atoms with Gasteiger partial charge in [-0.3, -0.25) is 0 Å². The molecule has 0 unspecified atom stereocenters. The highest BCUT2D eigenvalue weighted by molar-refractivity contribution is 5.28. The fourth-order valence-electron chi connectivity index (χ4n) is 2.29. The Balaban J connectivity index is 1.81. The summed E-state index contributed by atoms with van der Waals surface area (Å²) in [6.45, 7) is 6.57. The summed E-state index contributed by atoms with van der Waals surface area (Å²) in [4.78, 5) is 0. The third-order valence-electron chi connectivity index (χ3n) is 3.27. The molecule has 0 amide bonds. The van der Waals surface area contributed by atoms with Crippen LogP contribution in [0.25, 0.3) is 0 Å². The minimum Gasteiger partial charge on any atom is -0.312 e. The monoisotopic (exact) mass is 203 g/mol. The van der Waals surface area contributed by atoms with Crippen LogP contribution < -0.4 is 5.32 Å². The quantitative estimate of drug-likeness (QED) is 0.792. The lowest BCUT2D eigenvalue weighted by Crippen LogP contribution is -2.26. The van der Waals surface area contributed by atoms with Gasteiger partial charge in [-0.05, 0) is 44.7 Å². The van der Waals surface area contributed by atoms with E-state index in [1.807, 2.05) is 0 Å². The molecule has 1 fully saturated rings. The van der Waals surface area contributed by atoms with Crippen LogP contribution >= 0.6 is 0 Å². The van der Waals surface area contributed by atoms with Crippen LogP contribution in [0.1, 0.15) is 36.0 Å². The Morgan fingerprint density at radius 2 is 1.80 bits per heavy atom. The lowest BCUT2D eigenvalue weighted by atomic mass is 9.85. The first-order chi connectivity index (χ1) is 7.24. The van der Waals surface area contributed by atoms with Crippen molar-refractivity contribution in [2.75, 3.05) is 6.54 Å². The zero-order valence-electron chi connectivity index (χ0n) is 9.84. The molecule has 0 heterocycles. The van der Waals surface area contributed by atoms with Crippen molar-refractivity contribution in [3.8, 4) is 0 Å². The van der Waals surface area contributed by atoms with E-state index in [1.165, 1.54) is 42.5 Å². The van der Waals surface area contributed by atoms with Crippen LogP contribution in [0.5, 0.6) is 0 Å². The van der Waals surface area contributed by atoms with Crippen LogP contribution in [0.3, 0.4) is 0 Å². The van der Waals surface area contributed by atoms with E-state index in [-0.39, 0.29) is 0 Å². The highest BCUT2D eigenvalue weighted by Crippen LogP contribution is 2.25. The Hall–Kier alpha value is -0.820. The third kappa shape index (κ3) is 3.07. The molecule has 1 N–H and O–H groups in total. The van der Waals surface area contributed by atoms with Gasteiger partial charge in [0.15, 0.2) is 0 Å². The molecule has 0 aliphatic heterocycles. The van der Waals surface area contributed by atoms with Gasteiger partial charge < -0.3 is 5.32 Å². The average molecular weight is 203 g/mol. The van der Waals surface area contributed by atoms with Gasteiger partial charge in [-0.1, -0.05) is 35.7 Å². The Bertz CT molecular complexity index is 306. The summed E-state index contributed by atoms with van der Waals surface area (Å²) in [6.07, 6.45) is 4.30. The highest BCUT2D eigenvalue weighted by Gasteiger charge is 2.16. The van der Waals surface area contributed by atoms with Gasteiger partial charge in [-0.2, -0.15) is 0 Å². The maximum absolute atomic E-state index is 3.56. The van der Waals surface area contributed by atoms with Crippen LogP contribution in [-0.4, -0.2) is 6.54 Å². The van der Waals surface area contributed by atoms with Crippen molar-refractivity contribution in [3.63, 3.8) is 0 Å². The van der Waals surface area contributed by atoms with Gasteiger partial charge in [0.05, 0.1) is 0 Å². The second kappa shape index (κ2) is 4.80. The average Bonchev–Trinajstić information content (AvgIpc) is 2.07. The molecule has 1 saturated carbocycles. The number of hydrogen-bond donors (Lipinski definition) is 1. The molecule has 1 heteroatoms. The summed E-state index contributed by atoms with van der Waals surface area (Å²) in [5.74, 6) is 0.955. The van der Waals surface area contributed by atoms with Gasteiger partial charge in [-0.15, -0.1) is 0 Å². The van der Waals surface area contributed by atoms with E-state index >= 15 is 0 Å². The fourth-order valence-corrected chi connectivity index (χ4v) is 2.29. The lowest BCUT2D eigenvalue weighted by Gasteiger charge is -2.25. The van der Waals surface area contributed by atoms with E-state index < -0.39 is 0 Å². The van der Waals surface area contributed by atoms with E-state index in [2.05, 4.69) is 37.4 Å². The van der Waals surface area contributed by atoms with Gasteiger partial charge in [0.25, 0.3) is 0 Å². The first kappa shape index (κ1) is 10.7. The molecule has 82 valence electrons. The predicted molar refractivity (Wildman–Crippen MR) is 65.0 cm³/mol. The van der Waals surface area contributed by atoms with Crippen LogP contribution in [0.15, 0.2) is 18.2 Å². The van der Waals surface area contributed by atoms with Crippen molar-refractivity contribution < 1.29 is 0 Å². The van der Waals surface area contributed by atoms with E-state index in [1.54, 1.807) is 0 Å². The number of rotatable bonds is 4. The first-order valence-electron chi connectivity index (χ1n) is 6.02. The van der Waals surface area contributed by atoms with Gasteiger partial charge >= 0.3 is 0 Å². The molecule has 0 radical (unpaired) electrons. The molecular weight excluding hydrogens is 182 g/mol. The van der Waals surface area contributed by atoms with Crippen molar-refractivity contribution in [3.05, 3.63) is 34.9 Å². The van der Waals surface area contributed by atoms with Gasteiger partial charge in [0, 0.05) is 6.54 Å². The zero-order chi connectivity index (χ0) is 10.7. The maximum Gasteiger partial charge on any atom is 0.0205 e. The first-order valence-corrected chi connectivity index (χ1v) is 6.02. The smallest absolute Gasteiger partial charge is 0.0205 e. The van der Waals surface area contributed by atoms with Crippen molar-refractivity contribution in [1.29, 1.82) is 0 Å². The largest absolute Gasteiger partial charge is 0.312 e. The second-order valence-corrected chi connectivity index (χ2v) is 4.92. The normalized spacial score (nSPS) is 16.4. The minimum absolute atomic E-state index is 0.955. The molecular formula is C14H21N. The number of benzene rings is 1. The molecule has 1 aromatic carbocycles. The predicted octanol–water partition coefficient (Wildman–Crippen LogP) is 3.19. The van der Waals surface area contributed by atoms with Crippen molar-refractivity contribution in [2.45, 2.75) is 39.7 Å². The minimum atomic E-state index is 0.955. The number of hydrogen-bond acceptors (Lipinski definition) is 1. The van der Waals surface area contributed by atoms with Crippen LogP contribution in [0, 0.1) is 19.8 Å². The van der Waals surface area contributed by atoms with Gasteiger partial charge in [-0.25, -0.2) is 0 Å².